The molecule has 166 valence electrons. The van der Waals surface area contributed by atoms with Crippen LogP contribution >= 0.6 is 12.2 Å². The van der Waals surface area contributed by atoms with E-state index in [4.69, 9.17) is 26.1 Å². The van der Waals surface area contributed by atoms with E-state index in [0.29, 0.717) is 5.92 Å². The standard InChI is InChI=1S/C26H34O3SSi/c1-18-17-21(30)23(24-22(18)27-26(5,6)28-24)29-31(25(2,3)4,19-13-9-7-10-14-19)20-15-11-8-12-16-20/h7-16,18,22-24H,17H2,1-6H3/t18-,22-,23-,24-/m1/s1. The molecule has 0 unspecified atom stereocenters. The van der Waals surface area contributed by atoms with Crippen LogP contribution in [0, 0.1) is 5.92 Å². The largest absolute Gasteiger partial charge is 0.397 e. The maximum absolute atomic E-state index is 7.38. The summed E-state index contributed by atoms with van der Waals surface area (Å²) in [7, 11) is -2.73. The van der Waals surface area contributed by atoms with Gasteiger partial charge in [0.15, 0.2) is 5.79 Å². The van der Waals surface area contributed by atoms with Gasteiger partial charge >= 0.3 is 0 Å². The van der Waals surface area contributed by atoms with E-state index in [-0.39, 0.29) is 23.4 Å². The Morgan fingerprint density at radius 2 is 1.39 bits per heavy atom. The molecular formula is C26H34O3SSi. The van der Waals surface area contributed by atoms with E-state index in [2.05, 4.69) is 88.4 Å². The second-order valence-corrected chi connectivity index (χ2v) is 15.2. The molecule has 0 amide bonds. The minimum absolute atomic E-state index is 0.00934. The van der Waals surface area contributed by atoms with Crippen molar-refractivity contribution in [3.05, 3.63) is 60.7 Å². The van der Waals surface area contributed by atoms with Crippen LogP contribution < -0.4 is 10.4 Å². The Bertz CT molecular complexity index is 883. The highest BCUT2D eigenvalue weighted by Crippen LogP contribution is 2.44. The fraction of sp³-hybridized carbons (Fsp3) is 0.500. The highest BCUT2D eigenvalue weighted by atomic mass is 32.1. The lowest BCUT2D eigenvalue weighted by molar-refractivity contribution is -0.152. The number of hydrogen-bond donors (Lipinski definition) is 0. The molecular weight excluding hydrogens is 420 g/mol. The van der Waals surface area contributed by atoms with Crippen LogP contribution in [-0.4, -0.2) is 37.3 Å². The zero-order valence-electron chi connectivity index (χ0n) is 19.4. The van der Waals surface area contributed by atoms with Gasteiger partial charge in [-0.15, -0.1) is 0 Å². The molecule has 2 aliphatic rings. The summed E-state index contributed by atoms with van der Waals surface area (Å²) in [5.41, 5.74) is 0. The van der Waals surface area contributed by atoms with Crippen LogP contribution in [0.3, 0.4) is 0 Å². The Kier molecular flexibility index (Phi) is 6.03. The summed E-state index contributed by atoms with van der Waals surface area (Å²) in [5.74, 6) is -0.311. The first-order valence-electron chi connectivity index (χ1n) is 11.2. The molecule has 0 radical (unpaired) electrons. The van der Waals surface area contributed by atoms with Crippen LogP contribution in [0.1, 0.15) is 48.0 Å². The van der Waals surface area contributed by atoms with Gasteiger partial charge in [-0.2, -0.15) is 0 Å². The molecule has 2 aromatic carbocycles. The van der Waals surface area contributed by atoms with Crippen LogP contribution in [0.4, 0.5) is 0 Å². The van der Waals surface area contributed by atoms with Gasteiger partial charge in [0.05, 0.1) is 6.10 Å². The van der Waals surface area contributed by atoms with Crippen molar-refractivity contribution in [2.75, 3.05) is 0 Å². The smallest absolute Gasteiger partial charge is 0.262 e. The van der Waals surface area contributed by atoms with Gasteiger partial charge in [0.1, 0.15) is 12.2 Å². The summed E-state index contributed by atoms with van der Waals surface area (Å²) in [4.78, 5) is 0.947. The first kappa shape index (κ1) is 22.8. The molecule has 1 aliphatic heterocycles. The van der Waals surface area contributed by atoms with E-state index in [1.54, 1.807) is 0 Å². The van der Waals surface area contributed by atoms with Crippen LogP contribution in [-0.2, 0) is 13.9 Å². The SMILES string of the molecule is C[C@@H]1CC(=S)[C@@H](O[Si](c2ccccc2)(c2ccccc2)C(C)(C)C)[C@@H]2OC(C)(C)O[C@@H]21. The number of hydrogen-bond acceptors (Lipinski definition) is 4. The topological polar surface area (TPSA) is 27.7 Å². The number of rotatable bonds is 4. The molecule has 0 aromatic heterocycles. The zero-order chi connectivity index (χ0) is 22.4. The molecule has 1 saturated heterocycles. The summed E-state index contributed by atoms with van der Waals surface area (Å²) in [6, 6.07) is 21.4. The molecule has 1 aliphatic carbocycles. The molecule has 2 aromatic rings. The van der Waals surface area contributed by atoms with Crippen LogP contribution in [0.15, 0.2) is 60.7 Å². The highest BCUT2D eigenvalue weighted by molar-refractivity contribution is 7.80. The molecule has 4 atom stereocenters. The predicted molar refractivity (Wildman–Crippen MR) is 133 cm³/mol. The second-order valence-electron chi connectivity index (χ2n) is 10.4. The van der Waals surface area contributed by atoms with E-state index in [9.17, 15) is 0 Å². The second kappa shape index (κ2) is 8.20. The van der Waals surface area contributed by atoms with E-state index < -0.39 is 14.1 Å². The molecule has 31 heavy (non-hydrogen) atoms. The monoisotopic (exact) mass is 454 g/mol. The Labute approximate surface area is 193 Å². The summed E-state index contributed by atoms with van der Waals surface area (Å²) < 4.78 is 20.1. The van der Waals surface area contributed by atoms with Crippen molar-refractivity contribution >= 4 is 35.8 Å². The van der Waals surface area contributed by atoms with Crippen LogP contribution in [0.25, 0.3) is 0 Å². The average molecular weight is 455 g/mol. The molecule has 0 bridgehead atoms. The van der Waals surface area contributed by atoms with Gasteiger partial charge in [0, 0.05) is 4.86 Å². The third-order valence-corrected chi connectivity index (χ3v) is 12.0. The van der Waals surface area contributed by atoms with Gasteiger partial charge in [-0.25, -0.2) is 0 Å². The minimum atomic E-state index is -2.73. The Morgan fingerprint density at radius 1 is 0.903 bits per heavy atom. The number of thiocarbonyl (C=S) groups is 1. The van der Waals surface area contributed by atoms with Crippen molar-refractivity contribution < 1.29 is 13.9 Å². The Hall–Kier alpha value is -1.37. The van der Waals surface area contributed by atoms with Gasteiger partial charge in [0.2, 0.25) is 0 Å². The van der Waals surface area contributed by atoms with Crippen LogP contribution in [0.2, 0.25) is 5.04 Å². The minimum Gasteiger partial charge on any atom is -0.397 e. The molecule has 1 heterocycles. The van der Waals surface area contributed by atoms with E-state index in [0.717, 1.165) is 11.3 Å². The summed E-state index contributed by atoms with van der Waals surface area (Å²) >= 11 is 5.96. The van der Waals surface area contributed by atoms with Crippen molar-refractivity contribution in [2.24, 2.45) is 5.92 Å². The molecule has 3 nitrogen and oxygen atoms in total. The number of benzene rings is 2. The highest BCUT2D eigenvalue weighted by Gasteiger charge is 2.57. The molecule has 2 fully saturated rings. The summed E-state index contributed by atoms with van der Waals surface area (Å²) in [5, 5.41) is 2.40. The summed E-state index contributed by atoms with van der Waals surface area (Å²) in [6.45, 7) is 13.1. The van der Waals surface area contributed by atoms with Crippen molar-refractivity contribution in [1.82, 2.24) is 0 Å². The fourth-order valence-electron chi connectivity index (χ4n) is 5.24. The third kappa shape index (κ3) is 4.07. The maximum Gasteiger partial charge on any atom is 0.262 e. The predicted octanol–water partition coefficient (Wildman–Crippen LogP) is 4.86. The quantitative estimate of drug-likeness (QED) is 0.487. The first-order valence-corrected chi connectivity index (χ1v) is 13.5. The Balaban J connectivity index is 1.86. The fourth-order valence-corrected chi connectivity index (χ4v) is 10.4. The molecule has 0 spiro atoms. The average Bonchev–Trinajstić information content (AvgIpc) is 3.04. The number of fused-ring (bicyclic) bond motifs is 1. The van der Waals surface area contributed by atoms with Gasteiger partial charge < -0.3 is 13.9 Å². The lowest BCUT2D eigenvalue weighted by atomic mass is 9.84. The van der Waals surface area contributed by atoms with Gasteiger partial charge in [-0.1, -0.05) is 101 Å². The van der Waals surface area contributed by atoms with Crippen LogP contribution in [0.5, 0.6) is 0 Å². The zero-order valence-corrected chi connectivity index (χ0v) is 21.2. The molecule has 5 heteroatoms. The lowest BCUT2D eigenvalue weighted by Crippen LogP contribution is -2.70. The Morgan fingerprint density at radius 3 is 1.87 bits per heavy atom. The van der Waals surface area contributed by atoms with Gasteiger partial charge in [0.25, 0.3) is 8.32 Å². The van der Waals surface area contributed by atoms with E-state index in [1.807, 2.05) is 13.8 Å². The van der Waals surface area contributed by atoms with Gasteiger partial charge in [-0.05, 0) is 41.6 Å². The van der Waals surface area contributed by atoms with Gasteiger partial charge in [-0.3, -0.25) is 0 Å². The van der Waals surface area contributed by atoms with E-state index in [1.165, 1.54) is 10.4 Å². The third-order valence-electron chi connectivity index (χ3n) is 6.58. The summed E-state index contributed by atoms with van der Waals surface area (Å²) in [6.07, 6.45) is 0.348. The lowest BCUT2D eigenvalue weighted by Gasteiger charge is -2.48. The van der Waals surface area contributed by atoms with Crippen molar-refractivity contribution in [2.45, 2.75) is 77.1 Å². The maximum atomic E-state index is 7.38. The molecule has 1 saturated carbocycles. The van der Waals surface area contributed by atoms with Crippen molar-refractivity contribution in [3.63, 3.8) is 0 Å². The normalized spacial score (nSPS) is 28.4. The number of ether oxygens (including phenoxy) is 2. The molecule has 4 rings (SSSR count). The van der Waals surface area contributed by atoms with Crippen molar-refractivity contribution in [3.8, 4) is 0 Å². The van der Waals surface area contributed by atoms with Crippen molar-refractivity contribution in [1.29, 1.82) is 0 Å². The first-order chi connectivity index (χ1) is 14.6. The molecule has 0 N–H and O–H groups in total. The van der Waals surface area contributed by atoms with E-state index >= 15 is 0 Å².